The second-order valence-electron chi connectivity index (χ2n) is 5.07. The Balaban J connectivity index is 2.22. The maximum Gasteiger partial charge on any atom is 0.159 e. The monoisotopic (exact) mass is 232 g/mol. The van der Waals surface area contributed by atoms with Crippen molar-refractivity contribution in [1.29, 1.82) is 0 Å². The average molecular weight is 232 g/mol. The normalized spacial score (nSPS) is 29.0. The number of nitrogens with one attached hydrogen (secondary N) is 1. The molecule has 0 aliphatic carbocycles. The van der Waals surface area contributed by atoms with Gasteiger partial charge in [-0.1, -0.05) is 25.1 Å². The van der Waals surface area contributed by atoms with Gasteiger partial charge in [0, 0.05) is 17.6 Å². The van der Waals surface area contributed by atoms with Crippen LogP contribution in [0.1, 0.15) is 42.2 Å². The van der Waals surface area contributed by atoms with E-state index in [4.69, 9.17) is 5.73 Å². The number of rotatable bonds is 2. The van der Waals surface area contributed by atoms with Crippen LogP contribution in [0.25, 0.3) is 0 Å². The van der Waals surface area contributed by atoms with Crippen LogP contribution >= 0.6 is 0 Å². The molecule has 0 saturated carbocycles. The molecule has 0 spiro atoms. The van der Waals surface area contributed by atoms with Crippen LogP contribution in [-0.4, -0.2) is 18.4 Å². The zero-order valence-corrected chi connectivity index (χ0v) is 10.4. The van der Waals surface area contributed by atoms with E-state index in [1.165, 1.54) is 0 Å². The molecule has 3 atom stereocenters. The Hall–Kier alpha value is -1.19. The fourth-order valence-corrected chi connectivity index (χ4v) is 2.48. The Morgan fingerprint density at radius 1 is 1.47 bits per heavy atom. The van der Waals surface area contributed by atoms with Gasteiger partial charge in [-0.25, -0.2) is 0 Å². The number of hydrogen-bond acceptors (Lipinski definition) is 3. The molecule has 0 aromatic heterocycles. The molecule has 1 heterocycles. The van der Waals surface area contributed by atoms with Gasteiger partial charge in [-0.05, 0) is 37.4 Å². The van der Waals surface area contributed by atoms with E-state index in [1.54, 1.807) is 6.92 Å². The van der Waals surface area contributed by atoms with Crippen LogP contribution in [0, 0.1) is 5.92 Å². The van der Waals surface area contributed by atoms with Crippen molar-refractivity contribution in [2.45, 2.75) is 32.4 Å². The third kappa shape index (κ3) is 2.73. The van der Waals surface area contributed by atoms with Gasteiger partial charge in [0.05, 0.1) is 0 Å². The van der Waals surface area contributed by atoms with Crippen molar-refractivity contribution < 1.29 is 4.79 Å². The van der Waals surface area contributed by atoms with Gasteiger partial charge in [-0.2, -0.15) is 0 Å². The minimum atomic E-state index is 0.101. The van der Waals surface area contributed by atoms with Gasteiger partial charge in [-0.15, -0.1) is 0 Å². The highest BCUT2D eigenvalue weighted by Crippen LogP contribution is 2.25. The highest BCUT2D eigenvalue weighted by molar-refractivity contribution is 5.94. The highest BCUT2D eigenvalue weighted by Gasteiger charge is 2.26. The summed E-state index contributed by atoms with van der Waals surface area (Å²) in [7, 11) is 0. The summed E-state index contributed by atoms with van der Waals surface area (Å²) in [4.78, 5) is 11.4. The molecule has 1 saturated heterocycles. The van der Waals surface area contributed by atoms with Crippen LogP contribution in [0.2, 0.25) is 0 Å². The summed E-state index contributed by atoms with van der Waals surface area (Å²) < 4.78 is 0. The predicted molar refractivity (Wildman–Crippen MR) is 68.9 cm³/mol. The molecule has 1 fully saturated rings. The first kappa shape index (κ1) is 12.3. The van der Waals surface area contributed by atoms with Gasteiger partial charge in [0.1, 0.15) is 0 Å². The van der Waals surface area contributed by atoms with Gasteiger partial charge in [0.25, 0.3) is 0 Å². The number of hydrogen-bond donors (Lipinski definition) is 2. The Morgan fingerprint density at radius 3 is 2.88 bits per heavy atom. The van der Waals surface area contributed by atoms with Crippen LogP contribution in [0.15, 0.2) is 24.3 Å². The second kappa shape index (κ2) is 4.98. The lowest BCUT2D eigenvalue weighted by Crippen LogP contribution is -2.46. The SMILES string of the molecule is CC(=O)c1cccc(C2NCC(C)CC2N)c1. The van der Waals surface area contributed by atoms with Crippen molar-refractivity contribution in [1.82, 2.24) is 5.32 Å². The Morgan fingerprint density at radius 2 is 2.24 bits per heavy atom. The maximum absolute atomic E-state index is 11.4. The first-order chi connectivity index (χ1) is 8.08. The van der Waals surface area contributed by atoms with E-state index in [0.717, 1.165) is 24.1 Å². The topological polar surface area (TPSA) is 55.1 Å². The molecule has 1 aromatic carbocycles. The third-order valence-corrected chi connectivity index (χ3v) is 3.44. The van der Waals surface area contributed by atoms with E-state index in [-0.39, 0.29) is 17.9 Å². The lowest BCUT2D eigenvalue weighted by atomic mass is 9.87. The first-order valence-electron chi connectivity index (χ1n) is 6.18. The molecule has 1 aliphatic rings. The van der Waals surface area contributed by atoms with E-state index in [2.05, 4.69) is 12.2 Å². The average Bonchev–Trinajstić information content (AvgIpc) is 2.29. The Kier molecular flexibility index (Phi) is 3.60. The van der Waals surface area contributed by atoms with Crippen molar-refractivity contribution in [3.63, 3.8) is 0 Å². The van der Waals surface area contributed by atoms with Crippen LogP contribution in [0.5, 0.6) is 0 Å². The fraction of sp³-hybridized carbons (Fsp3) is 0.500. The van der Waals surface area contributed by atoms with Crippen molar-refractivity contribution in [2.24, 2.45) is 11.7 Å². The van der Waals surface area contributed by atoms with Gasteiger partial charge in [0.15, 0.2) is 5.78 Å². The van der Waals surface area contributed by atoms with Crippen molar-refractivity contribution >= 4 is 5.78 Å². The molecule has 92 valence electrons. The number of ketones is 1. The standard InChI is InChI=1S/C14H20N2O/c1-9-6-13(15)14(16-8-9)12-5-3-4-11(7-12)10(2)17/h3-5,7,9,13-14,16H,6,8,15H2,1-2H3. The molecule has 3 N–H and O–H groups in total. The second-order valence-corrected chi connectivity index (χ2v) is 5.07. The van der Waals surface area contributed by atoms with Gasteiger partial charge >= 0.3 is 0 Å². The van der Waals surface area contributed by atoms with Crippen molar-refractivity contribution in [3.05, 3.63) is 35.4 Å². The summed E-state index contributed by atoms with van der Waals surface area (Å²) in [5.41, 5.74) is 8.06. The molecule has 0 bridgehead atoms. The maximum atomic E-state index is 11.4. The van der Waals surface area contributed by atoms with Gasteiger partial charge < -0.3 is 11.1 Å². The van der Waals surface area contributed by atoms with E-state index in [1.807, 2.05) is 24.3 Å². The number of carbonyl (C=O) groups is 1. The third-order valence-electron chi connectivity index (χ3n) is 3.44. The van der Waals surface area contributed by atoms with Crippen LogP contribution in [-0.2, 0) is 0 Å². The largest absolute Gasteiger partial charge is 0.326 e. The minimum absolute atomic E-state index is 0.101. The van der Waals surface area contributed by atoms with E-state index in [0.29, 0.717) is 5.92 Å². The molecule has 3 heteroatoms. The minimum Gasteiger partial charge on any atom is -0.326 e. The molecule has 0 amide bonds. The van der Waals surface area contributed by atoms with E-state index < -0.39 is 0 Å². The Labute approximate surface area is 102 Å². The number of benzene rings is 1. The zero-order chi connectivity index (χ0) is 12.4. The van der Waals surface area contributed by atoms with E-state index >= 15 is 0 Å². The summed E-state index contributed by atoms with van der Waals surface area (Å²) in [6, 6.07) is 8.07. The molecular formula is C14H20N2O. The van der Waals surface area contributed by atoms with E-state index in [9.17, 15) is 4.79 Å². The molecule has 1 aromatic rings. The lowest BCUT2D eigenvalue weighted by molar-refractivity contribution is 0.101. The zero-order valence-electron chi connectivity index (χ0n) is 10.4. The van der Waals surface area contributed by atoms with Gasteiger partial charge in [0.2, 0.25) is 0 Å². The number of Topliss-reactive ketones (excluding diaryl/α,β-unsaturated/α-hetero) is 1. The number of nitrogens with two attached hydrogens (primary N) is 1. The number of piperidine rings is 1. The molecule has 17 heavy (non-hydrogen) atoms. The smallest absolute Gasteiger partial charge is 0.159 e. The van der Waals surface area contributed by atoms with Crippen LogP contribution in [0.4, 0.5) is 0 Å². The molecule has 3 nitrogen and oxygen atoms in total. The number of carbonyl (C=O) groups excluding carboxylic acids is 1. The molecule has 1 aliphatic heterocycles. The first-order valence-corrected chi connectivity index (χ1v) is 6.18. The quantitative estimate of drug-likeness (QED) is 0.766. The molecule has 2 rings (SSSR count). The highest BCUT2D eigenvalue weighted by atomic mass is 16.1. The van der Waals surface area contributed by atoms with Gasteiger partial charge in [-0.3, -0.25) is 4.79 Å². The fourth-order valence-electron chi connectivity index (χ4n) is 2.48. The van der Waals surface area contributed by atoms with Crippen LogP contribution in [0.3, 0.4) is 0 Å². The predicted octanol–water partition coefficient (Wildman–Crippen LogP) is 1.89. The lowest BCUT2D eigenvalue weighted by Gasteiger charge is -2.34. The van der Waals surface area contributed by atoms with Crippen LogP contribution < -0.4 is 11.1 Å². The Bertz CT molecular complexity index is 416. The molecule has 3 unspecified atom stereocenters. The molecular weight excluding hydrogens is 212 g/mol. The summed E-state index contributed by atoms with van der Waals surface area (Å²) in [6.07, 6.45) is 1.03. The molecule has 0 radical (unpaired) electrons. The summed E-state index contributed by atoms with van der Waals surface area (Å²) in [5, 5.41) is 3.46. The van der Waals surface area contributed by atoms with Crippen molar-refractivity contribution in [2.75, 3.05) is 6.54 Å². The summed E-state index contributed by atoms with van der Waals surface area (Å²) in [5.74, 6) is 0.724. The van der Waals surface area contributed by atoms with Crippen molar-refractivity contribution in [3.8, 4) is 0 Å². The summed E-state index contributed by atoms with van der Waals surface area (Å²) >= 11 is 0. The summed E-state index contributed by atoms with van der Waals surface area (Å²) in [6.45, 7) is 4.78.